The molecular weight excluding hydrogens is 318 g/mol. The van der Waals surface area contributed by atoms with Crippen LogP contribution < -0.4 is 0 Å². The molecule has 4 rings (SSSR count). The summed E-state index contributed by atoms with van der Waals surface area (Å²) in [4.78, 5) is 21.4. The molecular formula is C19H23N3OS. The number of fused-ring (bicyclic) bond motifs is 1. The van der Waals surface area contributed by atoms with Crippen LogP contribution >= 0.6 is 11.8 Å². The van der Waals surface area contributed by atoms with Gasteiger partial charge in [0.05, 0.1) is 16.3 Å². The first-order valence-corrected chi connectivity index (χ1v) is 9.40. The number of rotatable bonds is 3. The molecule has 1 aromatic heterocycles. The number of pyridine rings is 1. The van der Waals surface area contributed by atoms with Crippen molar-refractivity contribution in [2.24, 2.45) is 5.41 Å². The lowest BCUT2D eigenvalue weighted by Crippen LogP contribution is -2.72. The molecule has 4 nitrogen and oxygen atoms in total. The van der Waals surface area contributed by atoms with Gasteiger partial charge in [-0.1, -0.05) is 23.4 Å². The maximum Gasteiger partial charge on any atom is 0.233 e. The average Bonchev–Trinajstić information content (AvgIpc) is 2.48. The molecule has 1 amide bonds. The molecule has 2 fully saturated rings. The average molecular weight is 341 g/mol. The first-order chi connectivity index (χ1) is 11.4. The number of carbonyl (C=O) groups is 1. The van der Waals surface area contributed by atoms with E-state index >= 15 is 0 Å². The minimum atomic E-state index is 0.239. The second kappa shape index (κ2) is 5.74. The van der Waals surface area contributed by atoms with Crippen LogP contribution in [0.4, 0.5) is 0 Å². The van der Waals surface area contributed by atoms with Crippen molar-refractivity contribution < 1.29 is 4.79 Å². The Morgan fingerprint density at radius 3 is 2.67 bits per heavy atom. The highest BCUT2D eigenvalue weighted by Crippen LogP contribution is 2.39. The Balaban J connectivity index is 1.38. The lowest BCUT2D eigenvalue weighted by Gasteiger charge is -2.59. The summed E-state index contributed by atoms with van der Waals surface area (Å²) in [5.41, 5.74) is 3.89. The molecule has 2 aliphatic rings. The molecule has 2 aromatic rings. The SMILES string of the molecule is Cc1ccc2nc(SCC(=O)N3CC4(CN(C)C4)C3)cc(C)c2c1. The fraction of sp³-hybridized carbons (Fsp3) is 0.474. The van der Waals surface area contributed by atoms with E-state index in [1.54, 1.807) is 11.8 Å². The summed E-state index contributed by atoms with van der Waals surface area (Å²) in [6.45, 7) is 8.34. The van der Waals surface area contributed by atoms with Gasteiger partial charge < -0.3 is 9.80 Å². The van der Waals surface area contributed by atoms with Crippen molar-refractivity contribution >= 4 is 28.6 Å². The van der Waals surface area contributed by atoms with Crippen LogP contribution in [0.1, 0.15) is 11.1 Å². The Kier molecular flexibility index (Phi) is 3.81. The fourth-order valence-electron chi connectivity index (χ4n) is 4.02. The van der Waals surface area contributed by atoms with Gasteiger partial charge in [-0.2, -0.15) is 0 Å². The Morgan fingerprint density at radius 1 is 1.21 bits per heavy atom. The lowest BCUT2D eigenvalue weighted by atomic mass is 9.73. The molecule has 0 bridgehead atoms. The molecule has 5 heteroatoms. The molecule has 1 spiro atoms. The van der Waals surface area contributed by atoms with Crippen molar-refractivity contribution in [1.82, 2.24) is 14.8 Å². The van der Waals surface area contributed by atoms with Gasteiger partial charge in [0.2, 0.25) is 5.91 Å². The van der Waals surface area contributed by atoms with E-state index in [-0.39, 0.29) is 5.91 Å². The van der Waals surface area contributed by atoms with Crippen LogP contribution in [0.5, 0.6) is 0 Å². The number of carbonyl (C=O) groups excluding carboxylic acids is 1. The summed E-state index contributed by atoms with van der Waals surface area (Å²) in [6, 6.07) is 8.42. The number of hydrogen-bond donors (Lipinski definition) is 0. The summed E-state index contributed by atoms with van der Waals surface area (Å²) in [6.07, 6.45) is 0. The highest BCUT2D eigenvalue weighted by molar-refractivity contribution is 7.99. The number of aromatic nitrogens is 1. The number of likely N-dealkylation sites (tertiary alicyclic amines) is 2. The van der Waals surface area contributed by atoms with Crippen molar-refractivity contribution in [3.63, 3.8) is 0 Å². The van der Waals surface area contributed by atoms with Gasteiger partial charge in [-0.05, 0) is 44.7 Å². The summed E-state index contributed by atoms with van der Waals surface area (Å²) in [5, 5.41) is 2.14. The Bertz CT molecular complexity index is 806. The van der Waals surface area contributed by atoms with Gasteiger partial charge >= 0.3 is 0 Å². The van der Waals surface area contributed by atoms with Crippen molar-refractivity contribution in [3.05, 3.63) is 35.4 Å². The summed E-state index contributed by atoms with van der Waals surface area (Å²) in [7, 11) is 2.14. The normalized spacial score (nSPS) is 19.4. The molecule has 2 saturated heterocycles. The van der Waals surface area contributed by atoms with Gasteiger partial charge in [-0.15, -0.1) is 0 Å². The van der Waals surface area contributed by atoms with E-state index in [9.17, 15) is 4.79 Å². The van der Waals surface area contributed by atoms with E-state index in [2.05, 4.69) is 50.1 Å². The first kappa shape index (κ1) is 15.9. The number of aryl methyl sites for hydroxylation is 2. The van der Waals surface area contributed by atoms with Crippen LogP contribution in [-0.4, -0.2) is 59.7 Å². The maximum atomic E-state index is 12.4. The monoisotopic (exact) mass is 341 g/mol. The van der Waals surface area contributed by atoms with Crippen molar-refractivity contribution in [1.29, 1.82) is 0 Å². The van der Waals surface area contributed by atoms with Gasteiger partial charge in [0.1, 0.15) is 0 Å². The quantitative estimate of drug-likeness (QED) is 0.805. The first-order valence-electron chi connectivity index (χ1n) is 8.41. The zero-order valence-corrected chi connectivity index (χ0v) is 15.3. The zero-order valence-electron chi connectivity index (χ0n) is 14.5. The van der Waals surface area contributed by atoms with E-state index in [0.29, 0.717) is 11.2 Å². The van der Waals surface area contributed by atoms with Crippen LogP contribution in [-0.2, 0) is 4.79 Å². The van der Waals surface area contributed by atoms with Crippen molar-refractivity contribution in [2.45, 2.75) is 18.9 Å². The Hall–Kier alpha value is -1.59. The molecule has 0 N–H and O–H groups in total. The van der Waals surface area contributed by atoms with Gasteiger partial charge in [0.25, 0.3) is 0 Å². The highest BCUT2D eigenvalue weighted by atomic mass is 32.2. The number of benzene rings is 1. The maximum absolute atomic E-state index is 12.4. The minimum Gasteiger partial charge on any atom is -0.341 e. The molecule has 0 unspecified atom stereocenters. The second-order valence-corrected chi connectivity index (χ2v) is 8.50. The van der Waals surface area contributed by atoms with E-state index in [4.69, 9.17) is 4.98 Å². The standard InChI is InChI=1S/C19H23N3OS/c1-13-4-5-16-15(6-13)14(2)7-17(20-16)24-8-18(23)22-11-19(12-22)9-21(3)10-19/h4-7H,8-12H2,1-3H3. The van der Waals surface area contributed by atoms with Gasteiger partial charge in [-0.3, -0.25) is 4.79 Å². The van der Waals surface area contributed by atoms with Gasteiger partial charge in [0, 0.05) is 37.0 Å². The molecule has 0 saturated carbocycles. The molecule has 2 aliphatic heterocycles. The molecule has 0 radical (unpaired) electrons. The smallest absolute Gasteiger partial charge is 0.233 e. The molecule has 1 aromatic carbocycles. The minimum absolute atomic E-state index is 0.239. The number of nitrogens with zero attached hydrogens (tertiary/aromatic N) is 3. The number of thioether (sulfide) groups is 1. The predicted molar refractivity (Wildman–Crippen MR) is 98.5 cm³/mol. The molecule has 24 heavy (non-hydrogen) atoms. The topological polar surface area (TPSA) is 36.4 Å². The highest BCUT2D eigenvalue weighted by Gasteiger charge is 2.51. The summed E-state index contributed by atoms with van der Waals surface area (Å²) in [5.74, 6) is 0.721. The van der Waals surface area contributed by atoms with E-state index in [0.717, 1.165) is 36.7 Å². The second-order valence-electron chi connectivity index (χ2n) is 7.51. The third-order valence-corrected chi connectivity index (χ3v) is 6.00. The summed E-state index contributed by atoms with van der Waals surface area (Å²) < 4.78 is 0. The molecule has 0 aliphatic carbocycles. The summed E-state index contributed by atoms with van der Waals surface area (Å²) >= 11 is 1.55. The van der Waals surface area contributed by atoms with Crippen molar-refractivity contribution in [2.75, 3.05) is 39.0 Å². The van der Waals surface area contributed by atoms with Crippen LogP contribution in [0.3, 0.4) is 0 Å². The van der Waals surface area contributed by atoms with Crippen LogP contribution in [0.2, 0.25) is 0 Å². The molecule has 0 atom stereocenters. The van der Waals surface area contributed by atoms with Gasteiger partial charge in [0.15, 0.2) is 0 Å². The Morgan fingerprint density at radius 2 is 1.96 bits per heavy atom. The molecule has 3 heterocycles. The number of amides is 1. The van der Waals surface area contributed by atoms with Gasteiger partial charge in [-0.25, -0.2) is 4.98 Å². The fourth-order valence-corrected chi connectivity index (χ4v) is 4.89. The number of hydrogen-bond acceptors (Lipinski definition) is 4. The molecule has 126 valence electrons. The van der Waals surface area contributed by atoms with Crippen LogP contribution in [0, 0.1) is 19.3 Å². The largest absolute Gasteiger partial charge is 0.341 e. The lowest BCUT2D eigenvalue weighted by molar-refractivity contribution is -0.153. The zero-order chi connectivity index (χ0) is 16.9. The van der Waals surface area contributed by atoms with Crippen LogP contribution in [0.25, 0.3) is 10.9 Å². The van der Waals surface area contributed by atoms with E-state index in [1.807, 2.05) is 4.90 Å². The van der Waals surface area contributed by atoms with E-state index in [1.165, 1.54) is 16.5 Å². The third kappa shape index (κ3) is 2.80. The third-order valence-electron chi connectivity index (χ3n) is 5.11. The van der Waals surface area contributed by atoms with Crippen molar-refractivity contribution in [3.8, 4) is 0 Å². The predicted octanol–water partition coefficient (Wildman–Crippen LogP) is 2.72. The van der Waals surface area contributed by atoms with E-state index < -0.39 is 0 Å². The van der Waals surface area contributed by atoms with Crippen LogP contribution in [0.15, 0.2) is 29.3 Å². The Labute approximate surface area is 147 Å².